The van der Waals surface area contributed by atoms with E-state index in [0.717, 1.165) is 11.0 Å². The van der Waals surface area contributed by atoms with Crippen molar-refractivity contribution in [3.63, 3.8) is 0 Å². The van der Waals surface area contributed by atoms with Crippen LogP contribution in [0.3, 0.4) is 0 Å². The monoisotopic (exact) mass is 282 g/mol. The van der Waals surface area contributed by atoms with Crippen LogP contribution in [-0.2, 0) is 25.4 Å². The number of carbonyl (C=O) groups excluding carboxylic acids is 1. The van der Waals surface area contributed by atoms with Crippen molar-refractivity contribution in [2.75, 3.05) is 7.05 Å². The summed E-state index contributed by atoms with van der Waals surface area (Å²) < 4.78 is 2.35. The summed E-state index contributed by atoms with van der Waals surface area (Å²) >= 11 is 0. The quantitative estimate of drug-likeness (QED) is 0.763. The number of rotatable bonds is 5. The van der Waals surface area contributed by atoms with Crippen molar-refractivity contribution >= 4 is 5.91 Å². The molecule has 1 aromatic rings. The zero-order chi connectivity index (χ0) is 15.4. The molecule has 0 spiro atoms. The number of nitrogens with two attached hydrogens (primary N) is 1. The van der Waals surface area contributed by atoms with Crippen molar-refractivity contribution in [3.05, 3.63) is 32.6 Å². The summed E-state index contributed by atoms with van der Waals surface area (Å²) in [5, 5.41) is 0. The van der Waals surface area contributed by atoms with Crippen molar-refractivity contribution in [2.24, 2.45) is 19.8 Å². The first-order valence-electron chi connectivity index (χ1n) is 6.55. The Morgan fingerprint density at radius 2 is 2.00 bits per heavy atom. The number of nitrogens with zero attached hydrogens (tertiary/aromatic N) is 3. The summed E-state index contributed by atoms with van der Waals surface area (Å²) in [5.41, 5.74) is 5.37. The van der Waals surface area contributed by atoms with Crippen molar-refractivity contribution in [1.29, 1.82) is 0 Å². The molecule has 0 saturated carbocycles. The van der Waals surface area contributed by atoms with Gasteiger partial charge in [-0.05, 0) is 6.42 Å². The standard InChI is InChI=1S/C13H22N4O3/c1-5-6-10(14)12(19)15(2)7-9-8-16(3)13(20)17(4)11(9)18/h8,10H,5-7,14H2,1-4H3. The van der Waals surface area contributed by atoms with E-state index in [1.807, 2.05) is 6.92 Å². The molecule has 0 fully saturated rings. The molecule has 0 bridgehead atoms. The highest BCUT2D eigenvalue weighted by Gasteiger charge is 2.19. The van der Waals surface area contributed by atoms with E-state index >= 15 is 0 Å². The molecule has 0 radical (unpaired) electrons. The fraction of sp³-hybridized carbons (Fsp3) is 0.615. The third-order valence-corrected chi connectivity index (χ3v) is 3.22. The molecule has 0 aromatic carbocycles. The SMILES string of the molecule is CCCC(N)C(=O)N(C)Cc1cn(C)c(=O)n(C)c1=O. The summed E-state index contributed by atoms with van der Waals surface area (Å²) in [6, 6.07) is -0.554. The Morgan fingerprint density at radius 1 is 1.40 bits per heavy atom. The zero-order valence-electron chi connectivity index (χ0n) is 12.4. The highest BCUT2D eigenvalue weighted by atomic mass is 16.2. The molecule has 20 heavy (non-hydrogen) atoms. The average molecular weight is 282 g/mol. The number of hydrogen-bond donors (Lipinski definition) is 1. The second-order valence-corrected chi connectivity index (χ2v) is 5.00. The lowest BCUT2D eigenvalue weighted by atomic mass is 10.1. The number of aryl methyl sites for hydroxylation is 1. The lowest BCUT2D eigenvalue weighted by Gasteiger charge is -2.21. The van der Waals surface area contributed by atoms with Crippen LogP contribution in [0, 0.1) is 0 Å². The molecule has 0 aliphatic rings. The smallest absolute Gasteiger partial charge is 0.330 e. The molecule has 7 heteroatoms. The van der Waals surface area contributed by atoms with Crippen LogP contribution >= 0.6 is 0 Å². The lowest BCUT2D eigenvalue weighted by Crippen LogP contribution is -2.44. The van der Waals surface area contributed by atoms with Crippen molar-refractivity contribution in [2.45, 2.75) is 32.4 Å². The first-order valence-corrected chi connectivity index (χ1v) is 6.55. The number of amides is 1. The van der Waals surface area contributed by atoms with Crippen LogP contribution in [0.4, 0.5) is 0 Å². The van der Waals surface area contributed by atoms with Gasteiger partial charge in [0.15, 0.2) is 0 Å². The summed E-state index contributed by atoms with van der Waals surface area (Å²) in [7, 11) is 4.58. The molecule has 0 saturated heterocycles. The Hall–Kier alpha value is -1.89. The topological polar surface area (TPSA) is 90.3 Å². The van der Waals surface area contributed by atoms with E-state index in [1.54, 1.807) is 14.1 Å². The summed E-state index contributed by atoms with van der Waals surface area (Å²) in [4.78, 5) is 37.0. The Labute approximate surface area is 117 Å². The average Bonchev–Trinajstić information content (AvgIpc) is 2.41. The van der Waals surface area contributed by atoms with Crippen LogP contribution in [0.1, 0.15) is 25.3 Å². The fourth-order valence-corrected chi connectivity index (χ4v) is 2.04. The van der Waals surface area contributed by atoms with Crippen molar-refractivity contribution in [3.8, 4) is 0 Å². The Morgan fingerprint density at radius 3 is 2.55 bits per heavy atom. The molecule has 112 valence electrons. The van der Waals surface area contributed by atoms with Gasteiger partial charge in [0.2, 0.25) is 5.91 Å². The minimum Gasteiger partial charge on any atom is -0.340 e. The van der Waals surface area contributed by atoms with E-state index in [-0.39, 0.29) is 12.5 Å². The highest BCUT2D eigenvalue weighted by molar-refractivity contribution is 5.81. The van der Waals surface area contributed by atoms with Gasteiger partial charge in [-0.15, -0.1) is 0 Å². The van der Waals surface area contributed by atoms with Crippen LogP contribution in [0.2, 0.25) is 0 Å². The van der Waals surface area contributed by atoms with E-state index in [0.29, 0.717) is 12.0 Å². The number of aromatic nitrogens is 2. The van der Waals surface area contributed by atoms with E-state index in [1.165, 1.54) is 22.7 Å². The van der Waals surface area contributed by atoms with Crippen molar-refractivity contribution < 1.29 is 4.79 Å². The number of likely N-dealkylation sites (N-methyl/N-ethyl adjacent to an activating group) is 1. The van der Waals surface area contributed by atoms with Gasteiger partial charge in [0.1, 0.15) is 0 Å². The summed E-state index contributed by atoms with van der Waals surface area (Å²) in [5.74, 6) is -0.206. The van der Waals surface area contributed by atoms with Gasteiger partial charge < -0.3 is 15.2 Å². The number of hydrogen-bond acceptors (Lipinski definition) is 4. The molecule has 1 amide bonds. The Bertz CT molecular complexity index is 603. The molecule has 1 rings (SSSR count). The second kappa shape index (κ2) is 6.51. The lowest BCUT2D eigenvalue weighted by molar-refractivity contribution is -0.132. The highest BCUT2D eigenvalue weighted by Crippen LogP contribution is 2.02. The molecular formula is C13H22N4O3. The first-order chi connectivity index (χ1) is 9.29. The Balaban J connectivity index is 2.97. The van der Waals surface area contributed by atoms with Crippen molar-refractivity contribution in [1.82, 2.24) is 14.0 Å². The largest absolute Gasteiger partial charge is 0.340 e. The van der Waals surface area contributed by atoms with E-state index in [2.05, 4.69) is 0 Å². The van der Waals surface area contributed by atoms with Crippen LogP contribution in [0.25, 0.3) is 0 Å². The van der Waals surface area contributed by atoms with Crippen LogP contribution in [0.15, 0.2) is 15.8 Å². The molecule has 2 N–H and O–H groups in total. The van der Waals surface area contributed by atoms with E-state index in [9.17, 15) is 14.4 Å². The predicted molar refractivity (Wildman–Crippen MR) is 76.3 cm³/mol. The molecule has 7 nitrogen and oxygen atoms in total. The van der Waals surface area contributed by atoms with Gasteiger partial charge in [0, 0.05) is 27.3 Å². The molecule has 1 unspecified atom stereocenters. The molecule has 0 aliphatic heterocycles. The van der Waals surface area contributed by atoms with Gasteiger partial charge in [-0.1, -0.05) is 13.3 Å². The van der Waals surface area contributed by atoms with E-state index in [4.69, 9.17) is 5.73 Å². The maximum Gasteiger partial charge on any atom is 0.330 e. The molecular weight excluding hydrogens is 260 g/mol. The zero-order valence-corrected chi connectivity index (χ0v) is 12.4. The predicted octanol–water partition coefficient (Wildman–Crippen LogP) is -0.830. The number of carbonyl (C=O) groups is 1. The maximum absolute atomic E-state index is 12.0. The van der Waals surface area contributed by atoms with Gasteiger partial charge in [0.25, 0.3) is 5.56 Å². The van der Waals surface area contributed by atoms with E-state index < -0.39 is 17.3 Å². The fourth-order valence-electron chi connectivity index (χ4n) is 2.04. The van der Waals surface area contributed by atoms with Gasteiger partial charge in [-0.2, -0.15) is 0 Å². The first kappa shape index (κ1) is 16.2. The molecule has 1 heterocycles. The van der Waals surface area contributed by atoms with Crippen LogP contribution in [0.5, 0.6) is 0 Å². The Kier molecular flexibility index (Phi) is 5.26. The molecule has 1 aromatic heterocycles. The van der Waals surface area contributed by atoms with Gasteiger partial charge in [-0.25, -0.2) is 4.79 Å². The van der Waals surface area contributed by atoms with Gasteiger partial charge in [-0.3, -0.25) is 14.2 Å². The van der Waals surface area contributed by atoms with Gasteiger partial charge in [0.05, 0.1) is 18.2 Å². The van der Waals surface area contributed by atoms with Crippen LogP contribution < -0.4 is 17.0 Å². The third kappa shape index (κ3) is 3.36. The minimum atomic E-state index is -0.554. The maximum atomic E-state index is 12.0. The van der Waals surface area contributed by atoms with Crippen LogP contribution in [-0.4, -0.2) is 33.0 Å². The minimum absolute atomic E-state index is 0.136. The molecule has 1 atom stereocenters. The second-order valence-electron chi connectivity index (χ2n) is 5.00. The summed E-state index contributed by atoms with van der Waals surface area (Å²) in [6.07, 6.45) is 2.89. The summed E-state index contributed by atoms with van der Waals surface area (Å²) in [6.45, 7) is 2.09. The van der Waals surface area contributed by atoms with Gasteiger partial charge >= 0.3 is 5.69 Å². The molecule has 0 aliphatic carbocycles. The normalized spacial score (nSPS) is 12.2. The third-order valence-electron chi connectivity index (χ3n) is 3.22.